The molecule has 130 valence electrons. The molecule has 0 radical (unpaired) electrons. The monoisotopic (exact) mass is 359 g/mol. The molecule has 2 heterocycles. The lowest BCUT2D eigenvalue weighted by Crippen LogP contribution is -2.43. The van der Waals surface area contributed by atoms with Crippen LogP contribution in [0.4, 0.5) is 9.59 Å². The van der Waals surface area contributed by atoms with Gasteiger partial charge in [0.05, 0.1) is 19.1 Å². The van der Waals surface area contributed by atoms with Crippen molar-refractivity contribution in [3.05, 3.63) is 58.3 Å². The second-order valence-corrected chi connectivity index (χ2v) is 6.46. The molecule has 1 atom stereocenters. The zero-order valence-corrected chi connectivity index (χ0v) is 14.1. The summed E-state index contributed by atoms with van der Waals surface area (Å²) in [7, 11) is 0. The van der Waals surface area contributed by atoms with E-state index in [1.54, 1.807) is 11.3 Å². The highest BCUT2D eigenvalue weighted by molar-refractivity contribution is 7.09. The standard InChI is InChI=1S/C17H17N3O4S/c21-15-11-24-17(23)20(15)10-14(12-5-2-1-3-6-12)19-16(22)18-9-13-7-4-8-25-13/h1-8,14H,9-11H2,(H2,18,19,22). The minimum Gasteiger partial charge on any atom is -0.439 e. The van der Waals surface area contributed by atoms with Crippen molar-refractivity contribution in [3.63, 3.8) is 0 Å². The van der Waals surface area contributed by atoms with Crippen LogP contribution in [0, 0.1) is 0 Å². The average Bonchev–Trinajstić information content (AvgIpc) is 3.25. The Hall–Kier alpha value is -2.87. The van der Waals surface area contributed by atoms with Gasteiger partial charge in [-0.2, -0.15) is 0 Å². The number of nitrogens with zero attached hydrogens (tertiary/aromatic N) is 1. The quantitative estimate of drug-likeness (QED) is 0.828. The Kier molecular flexibility index (Phi) is 5.30. The Labute approximate surface area is 148 Å². The van der Waals surface area contributed by atoms with E-state index in [9.17, 15) is 14.4 Å². The van der Waals surface area contributed by atoms with Crippen LogP contribution in [0.5, 0.6) is 0 Å². The van der Waals surface area contributed by atoms with Gasteiger partial charge in [0.1, 0.15) is 0 Å². The Morgan fingerprint density at radius 1 is 1.20 bits per heavy atom. The fraction of sp³-hybridized carbons (Fsp3) is 0.235. The summed E-state index contributed by atoms with van der Waals surface area (Å²) in [4.78, 5) is 37.7. The number of carbonyl (C=O) groups is 3. The van der Waals surface area contributed by atoms with Gasteiger partial charge in [0.2, 0.25) is 0 Å². The summed E-state index contributed by atoms with van der Waals surface area (Å²) in [6.07, 6.45) is -0.688. The molecule has 2 N–H and O–H groups in total. The fourth-order valence-electron chi connectivity index (χ4n) is 2.45. The van der Waals surface area contributed by atoms with Gasteiger partial charge in [-0.1, -0.05) is 36.4 Å². The number of hydrogen-bond donors (Lipinski definition) is 2. The van der Waals surface area contributed by atoms with Crippen LogP contribution in [0.2, 0.25) is 0 Å². The minimum atomic E-state index is -0.688. The van der Waals surface area contributed by atoms with Crippen LogP contribution >= 0.6 is 11.3 Å². The van der Waals surface area contributed by atoms with Crippen molar-refractivity contribution < 1.29 is 19.1 Å². The van der Waals surface area contributed by atoms with Crippen molar-refractivity contribution in [1.29, 1.82) is 0 Å². The van der Waals surface area contributed by atoms with E-state index in [0.717, 1.165) is 15.3 Å². The Bertz CT molecular complexity index is 733. The maximum Gasteiger partial charge on any atom is 0.417 e. The van der Waals surface area contributed by atoms with Crippen LogP contribution in [0.25, 0.3) is 0 Å². The molecule has 8 heteroatoms. The largest absolute Gasteiger partial charge is 0.439 e. The van der Waals surface area contributed by atoms with E-state index in [-0.39, 0.29) is 19.2 Å². The van der Waals surface area contributed by atoms with Crippen LogP contribution in [-0.4, -0.2) is 36.1 Å². The topological polar surface area (TPSA) is 87.7 Å². The lowest BCUT2D eigenvalue weighted by atomic mass is 10.1. The van der Waals surface area contributed by atoms with Gasteiger partial charge in [-0.25, -0.2) is 14.5 Å². The van der Waals surface area contributed by atoms with E-state index in [0.29, 0.717) is 6.54 Å². The molecule has 7 nitrogen and oxygen atoms in total. The summed E-state index contributed by atoms with van der Waals surface area (Å²) in [5, 5.41) is 7.53. The minimum absolute atomic E-state index is 0.0219. The molecule has 1 aliphatic heterocycles. The van der Waals surface area contributed by atoms with Crippen molar-refractivity contribution in [2.45, 2.75) is 12.6 Å². The maximum absolute atomic E-state index is 12.2. The molecule has 1 aromatic heterocycles. The molecule has 1 unspecified atom stereocenters. The molecule has 1 saturated heterocycles. The predicted octanol–water partition coefficient (Wildman–Crippen LogP) is 2.27. The zero-order valence-electron chi connectivity index (χ0n) is 13.3. The molecule has 1 aromatic carbocycles. The highest BCUT2D eigenvalue weighted by atomic mass is 32.1. The highest BCUT2D eigenvalue weighted by Crippen LogP contribution is 2.17. The summed E-state index contributed by atoms with van der Waals surface area (Å²) in [6.45, 7) is 0.175. The maximum atomic E-state index is 12.2. The lowest BCUT2D eigenvalue weighted by molar-refractivity contribution is -0.126. The Morgan fingerprint density at radius 2 is 2.00 bits per heavy atom. The molecule has 3 rings (SSSR count). The van der Waals surface area contributed by atoms with Gasteiger partial charge in [-0.3, -0.25) is 4.79 Å². The van der Waals surface area contributed by atoms with E-state index in [1.807, 2.05) is 47.8 Å². The van der Waals surface area contributed by atoms with Gasteiger partial charge in [0.15, 0.2) is 6.61 Å². The Morgan fingerprint density at radius 3 is 2.64 bits per heavy atom. The number of rotatable bonds is 6. The van der Waals surface area contributed by atoms with Crippen molar-refractivity contribution in [2.75, 3.05) is 13.2 Å². The first kappa shape index (κ1) is 17.0. The first-order chi connectivity index (χ1) is 12.1. The number of nitrogens with one attached hydrogen (secondary N) is 2. The van der Waals surface area contributed by atoms with Crippen molar-refractivity contribution in [2.24, 2.45) is 0 Å². The number of hydrogen-bond acceptors (Lipinski definition) is 5. The molecule has 1 aliphatic rings. The SMILES string of the molecule is O=C(NCc1cccs1)NC(CN1C(=O)COC1=O)c1ccccc1. The second kappa shape index (κ2) is 7.80. The molecule has 0 saturated carbocycles. The number of cyclic esters (lactones) is 1. The number of ether oxygens (including phenoxy) is 1. The van der Waals surface area contributed by atoms with Gasteiger partial charge in [0.25, 0.3) is 5.91 Å². The molecule has 4 amide bonds. The normalized spacial score (nSPS) is 15.0. The first-order valence-electron chi connectivity index (χ1n) is 7.72. The summed E-state index contributed by atoms with van der Waals surface area (Å²) < 4.78 is 4.73. The van der Waals surface area contributed by atoms with E-state index >= 15 is 0 Å². The molecular weight excluding hydrogens is 342 g/mol. The van der Waals surface area contributed by atoms with Crippen molar-refractivity contribution in [1.82, 2.24) is 15.5 Å². The lowest BCUT2D eigenvalue weighted by Gasteiger charge is -2.23. The fourth-order valence-corrected chi connectivity index (χ4v) is 3.09. The molecule has 0 spiro atoms. The van der Waals surface area contributed by atoms with E-state index in [2.05, 4.69) is 10.6 Å². The number of carbonyl (C=O) groups excluding carboxylic acids is 3. The van der Waals surface area contributed by atoms with Crippen LogP contribution < -0.4 is 10.6 Å². The van der Waals surface area contributed by atoms with Crippen LogP contribution in [0.15, 0.2) is 47.8 Å². The summed E-state index contributed by atoms with van der Waals surface area (Å²) in [5.41, 5.74) is 0.793. The van der Waals surface area contributed by atoms with E-state index < -0.39 is 18.0 Å². The number of thiophene rings is 1. The zero-order chi connectivity index (χ0) is 17.6. The summed E-state index contributed by atoms with van der Waals surface area (Å²) in [6, 6.07) is 12.1. The third-order valence-corrected chi connectivity index (χ3v) is 4.59. The van der Waals surface area contributed by atoms with Gasteiger partial charge < -0.3 is 15.4 Å². The third kappa shape index (κ3) is 4.36. The van der Waals surface area contributed by atoms with E-state index in [4.69, 9.17) is 4.74 Å². The van der Waals surface area contributed by atoms with Crippen LogP contribution in [-0.2, 0) is 16.1 Å². The summed E-state index contributed by atoms with van der Waals surface area (Å²) >= 11 is 1.55. The van der Waals surface area contributed by atoms with Crippen molar-refractivity contribution in [3.8, 4) is 0 Å². The predicted molar refractivity (Wildman–Crippen MR) is 91.9 cm³/mol. The summed E-state index contributed by atoms with van der Waals surface area (Å²) in [5.74, 6) is -0.410. The third-order valence-electron chi connectivity index (χ3n) is 3.72. The molecule has 0 aliphatic carbocycles. The van der Waals surface area contributed by atoms with Gasteiger partial charge in [-0.05, 0) is 17.0 Å². The molecule has 1 fully saturated rings. The first-order valence-corrected chi connectivity index (χ1v) is 8.60. The van der Waals surface area contributed by atoms with Crippen LogP contribution in [0.3, 0.4) is 0 Å². The van der Waals surface area contributed by atoms with Gasteiger partial charge in [0, 0.05) is 4.88 Å². The number of imide groups is 1. The van der Waals surface area contributed by atoms with Crippen molar-refractivity contribution >= 4 is 29.4 Å². The number of amides is 4. The highest BCUT2D eigenvalue weighted by Gasteiger charge is 2.33. The molecule has 2 aromatic rings. The second-order valence-electron chi connectivity index (χ2n) is 5.43. The average molecular weight is 359 g/mol. The number of benzene rings is 1. The van der Waals surface area contributed by atoms with Gasteiger partial charge in [-0.15, -0.1) is 11.3 Å². The smallest absolute Gasteiger partial charge is 0.417 e. The molecule has 25 heavy (non-hydrogen) atoms. The number of urea groups is 1. The van der Waals surface area contributed by atoms with E-state index in [1.165, 1.54) is 0 Å². The Balaban J connectivity index is 1.67. The van der Waals surface area contributed by atoms with Crippen LogP contribution in [0.1, 0.15) is 16.5 Å². The molecule has 0 bridgehead atoms. The van der Waals surface area contributed by atoms with Gasteiger partial charge >= 0.3 is 12.1 Å². The molecular formula is C17H17N3O4S.